The lowest BCUT2D eigenvalue weighted by molar-refractivity contribution is 0.254. The van der Waals surface area contributed by atoms with Crippen molar-refractivity contribution in [3.8, 4) is 0 Å². The van der Waals surface area contributed by atoms with Gasteiger partial charge in [0.05, 0.1) is 11.5 Å². The van der Waals surface area contributed by atoms with E-state index in [-0.39, 0.29) is 4.90 Å². The van der Waals surface area contributed by atoms with Gasteiger partial charge in [-0.3, -0.25) is 4.18 Å². The molecule has 0 aliphatic heterocycles. The van der Waals surface area contributed by atoms with Gasteiger partial charge in [-0.25, -0.2) is 0 Å². The van der Waals surface area contributed by atoms with Crippen LogP contribution >= 0.6 is 0 Å². The summed E-state index contributed by atoms with van der Waals surface area (Å²) >= 11 is 0. The van der Waals surface area contributed by atoms with Gasteiger partial charge in [-0.05, 0) is 43.7 Å². The molecule has 1 aliphatic carbocycles. The first kappa shape index (κ1) is 13.6. The molecule has 1 aromatic rings. The van der Waals surface area contributed by atoms with E-state index >= 15 is 0 Å². The van der Waals surface area contributed by atoms with Crippen LogP contribution in [0.2, 0.25) is 0 Å². The molecule has 4 heteroatoms. The van der Waals surface area contributed by atoms with Crippen molar-refractivity contribution in [2.24, 2.45) is 11.8 Å². The maximum absolute atomic E-state index is 12.0. The van der Waals surface area contributed by atoms with Gasteiger partial charge in [-0.1, -0.05) is 31.0 Å². The Balaban J connectivity index is 1.97. The van der Waals surface area contributed by atoms with E-state index in [0.29, 0.717) is 18.4 Å². The SMILES string of the molecule is Cc1ccc(S(=O)(=O)OCC2CCC(C)C2)cc1. The standard InChI is InChI=1S/C14H20O3S/c1-11-4-7-14(8-5-11)18(15,16)17-10-13-6-3-12(2)9-13/h4-5,7-8,12-13H,3,6,9-10H2,1-2H3. The Kier molecular flexibility index (Phi) is 4.07. The van der Waals surface area contributed by atoms with Gasteiger partial charge in [0, 0.05) is 0 Å². The van der Waals surface area contributed by atoms with Gasteiger partial charge in [0.25, 0.3) is 10.1 Å². The molecule has 2 rings (SSSR count). The minimum atomic E-state index is -3.58. The molecule has 0 heterocycles. The highest BCUT2D eigenvalue weighted by atomic mass is 32.2. The zero-order valence-electron chi connectivity index (χ0n) is 10.9. The van der Waals surface area contributed by atoms with Crippen molar-refractivity contribution in [3.63, 3.8) is 0 Å². The highest BCUT2D eigenvalue weighted by Gasteiger charge is 2.24. The summed E-state index contributed by atoms with van der Waals surface area (Å²) in [6.45, 7) is 4.45. The van der Waals surface area contributed by atoms with Gasteiger partial charge in [-0.2, -0.15) is 8.42 Å². The average Bonchev–Trinajstić information content (AvgIpc) is 2.73. The fourth-order valence-electron chi connectivity index (χ4n) is 2.44. The van der Waals surface area contributed by atoms with Crippen LogP contribution in [0.5, 0.6) is 0 Å². The maximum Gasteiger partial charge on any atom is 0.296 e. The molecule has 2 atom stereocenters. The Morgan fingerprint density at radius 1 is 1.22 bits per heavy atom. The zero-order valence-corrected chi connectivity index (χ0v) is 11.7. The minimum Gasteiger partial charge on any atom is -0.266 e. The Labute approximate surface area is 109 Å². The Bertz CT molecular complexity index is 490. The lowest BCUT2D eigenvalue weighted by atomic mass is 10.1. The summed E-state index contributed by atoms with van der Waals surface area (Å²) in [6.07, 6.45) is 3.33. The Morgan fingerprint density at radius 2 is 1.89 bits per heavy atom. The van der Waals surface area contributed by atoms with Crippen LogP contribution in [0.1, 0.15) is 31.7 Å². The molecule has 100 valence electrons. The van der Waals surface area contributed by atoms with Crippen molar-refractivity contribution in [3.05, 3.63) is 29.8 Å². The highest BCUT2D eigenvalue weighted by Crippen LogP contribution is 2.31. The summed E-state index contributed by atoms with van der Waals surface area (Å²) in [4.78, 5) is 0.249. The first-order valence-electron chi connectivity index (χ1n) is 6.43. The summed E-state index contributed by atoms with van der Waals surface area (Å²) in [7, 11) is -3.58. The van der Waals surface area contributed by atoms with Crippen molar-refractivity contribution >= 4 is 10.1 Å². The third kappa shape index (κ3) is 3.33. The molecule has 18 heavy (non-hydrogen) atoms. The first-order chi connectivity index (χ1) is 8.47. The summed E-state index contributed by atoms with van der Waals surface area (Å²) in [6, 6.07) is 6.77. The van der Waals surface area contributed by atoms with Crippen LogP contribution in [0.15, 0.2) is 29.2 Å². The molecule has 0 spiro atoms. The molecule has 0 aromatic heterocycles. The van der Waals surface area contributed by atoms with Crippen molar-refractivity contribution in [2.75, 3.05) is 6.61 Å². The lowest BCUT2D eigenvalue weighted by Crippen LogP contribution is -2.13. The van der Waals surface area contributed by atoms with Crippen molar-refractivity contribution in [1.29, 1.82) is 0 Å². The topological polar surface area (TPSA) is 43.4 Å². The number of rotatable bonds is 4. The second kappa shape index (κ2) is 5.41. The third-order valence-corrected chi connectivity index (χ3v) is 4.87. The predicted molar refractivity (Wildman–Crippen MR) is 70.8 cm³/mol. The highest BCUT2D eigenvalue weighted by molar-refractivity contribution is 7.86. The summed E-state index contributed by atoms with van der Waals surface area (Å²) in [5, 5.41) is 0. The first-order valence-corrected chi connectivity index (χ1v) is 7.84. The van der Waals surface area contributed by atoms with Crippen molar-refractivity contribution in [1.82, 2.24) is 0 Å². The summed E-state index contributed by atoms with van der Waals surface area (Å²) in [5.74, 6) is 1.08. The van der Waals surface area contributed by atoms with Gasteiger partial charge in [-0.15, -0.1) is 0 Å². The number of benzene rings is 1. The fourth-order valence-corrected chi connectivity index (χ4v) is 3.41. The molecule has 1 saturated carbocycles. The molecule has 0 amide bonds. The molecule has 1 aromatic carbocycles. The Hall–Kier alpha value is -0.870. The zero-order chi connectivity index (χ0) is 13.2. The van der Waals surface area contributed by atoms with Crippen molar-refractivity contribution in [2.45, 2.75) is 38.0 Å². The van der Waals surface area contributed by atoms with E-state index in [9.17, 15) is 8.42 Å². The van der Waals surface area contributed by atoms with Crippen LogP contribution < -0.4 is 0 Å². The van der Waals surface area contributed by atoms with E-state index in [1.165, 1.54) is 6.42 Å². The Morgan fingerprint density at radius 3 is 2.44 bits per heavy atom. The number of hydrogen-bond acceptors (Lipinski definition) is 3. The van der Waals surface area contributed by atoms with Crippen molar-refractivity contribution < 1.29 is 12.6 Å². The molecular weight excluding hydrogens is 248 g/mol. The van der Waals surface area contributed by atoms with Crippen LogP contribution in [0.3, 0.4) is 0 Å². The molecular formula is C14H20O3S. The molecule has 2 unspecified atom stereocenters. The van der Waals surface area contributed by atoms with Crippen LogP contribution in [0.4, 0.5) is 0 Å². The van der Waals surface area contributed by atoms with Gasteiger partial charge in [0.15, 0.2) is 0 Å². The molecule has 0 radical (unpaired) electrons. The fraction of sp³-hybridized carbons (Fsp3) is 0.571. The third-order valence-electron chi connectivity index (χ3n) is 3.57. The smallest absolute Gasteiger partial charge is 0.266 e. The van der Waals surface area contributed by atoms with E-state index < -0.39 is 10.1 Å². The number of aryl methyl sites for hydroxylation is 1. The summed E-state index contributed by atoms with van der Waals surface area (Å²) < 4.78 is 29.1. The molecule has 1 aliphatic rings. The molecule has 0 saturated heterocycles. The summed E-state index contributed by atoms with van der Waals surface area (Å²) in [5.41, 5.74) is 1.04. The minimum absolute atomic E-state index is 0.249. The van der Waals surface area contributed by atoms with Gasteiger partial charge in [0.1, 0.15) is 0 Å². The van der Waals surface area contributed by atoms with E-state index in [1.54, 1.807) is 24.3 Å². The second-order valence-electron chi connectivity index (χ2n) is 5.34. The lowest BCUT2D eigenvalue weighted by Gasteiger charge is -2.10. The molecule has 1 fully saturated rings. The van der Waals surface area contributed by atoms with E-state index in [4.69, 9.17) is 4.18 Å². The number of hydrogen-bond donors (Lipinski definition) is 0. The van der Waals surface area contributed by atoms with Crippen LogP contribution in [-0.2, 0) is 14.3 Å². The second-order valence-corrected chi connectivity index (χ2v) is 6.95. The molecule has 3 nitrogen and oxygen atoms in total. The van der Waals surface area contributed by atoms with Gasteiger partial charge >= 0.3 is 0 Å². The van der Waals surface area contributed by atoms with E-state index in [0.717, 1.165) is 18.4 Å². The molecule has 0 bridgehead atoms. The average molecular weight is 268 g/mol. The quantitative estimate of drug-likeness (QED) is 0.788. The monoisotopic (exact) mass is 268 g/mol. The van der Waals surface area contributed by atoms with Gasteiger partial charge in [0.2, 0.25) is 0 Å². The van der Waals surface area contributed by atoms with Gasteiger partial charge < -0.3 is 0 Å². The maximum atomic E-state index is 12.0. The van der Waals surface area contributed by atoms with Crippen LogP contribution in [-0.4, -0.2) is 15.0 Å². The largest absolute Gasteiger partial charge is 0.296 e. The molecule has 0 N–H and O–H groups in total. The predicted octanol–water partition coefficient (Wildman–Crippen LogP) is 3.14. The normalized spacial score (nSPS) is 24.3. The van der Waals surface area contributed by atoms with E-state index in [1.807, 2.05) is 6.92 Å². The van der Waals surface area contributed by atoms with Crippen LogP contribution in [0, 0.1) is 18.8 Å². The van der Waals surface area contributed by atoms with Crippen LogP contribution in [0.25, 0.3) is 0 Å². The van der Waals surface area contributed by atoms with E-state index in [2.05, 4.69) is 6.92 Å².